The van der Waals surface area contributed by atoms with Gasteiger partial charge in [-0.25, -0.2) is 9.97 Å². The molecule has 1 amide bonds. The average Bonchev–Trinajstić information content (AvgIpc) is 3.38. The topological polar surface area (TPSA) is 85.8 Å². The highest BCUT2D eigenvalue weighted by molar-refractivity contribution is 5.98. The van der Waals surface area contributed by atoms with Crippen LogP contribution in [0.1, 0.15) is 46.1 Å². The number of aryl methyl sites for hydroxylation is 1. The van der Waals surface area contributed by atoms with Gasteiger partial charge in [0, 0.05) is 17.7 Å². The van der Waals surface area contributed by atoms with E-state index in [2.05, 4.69) is 9.97 Å². The lowest BCUT2D eigenvalue weighted by Gasteiger charge is -2.36. The molecule has 0 bridgehead atoms. The number of carbonyl (C=O) groups excluding carboxylic acids is 1. The lowest BCUT2D eigenvalue weighted by Crippen LogP contribution is -2.44. The van der Waals surface area contributed by atoms with E-state index in [1.165, 1.54) is 6.07 Å². The quantitative estimate of drug-likeness (QED) is 0.445. The lowest BCUT2D eigenvalue weighted by atomic mass is 9.93. The first kappa shape index (κ1) is 20.8. The average molecular weight is 467 g/mol. The third kappa shape index (κ3) is 3.01. The van der Waals surface area contributed by atoms with Crippen molar-refractivity contribution >= 4 is 28.3 Å². The number of fused-ring (bicyclic) bond motifs is 6. The third-order valence-electron chi connectivity index (χ3n) is 6.69. The molecule has 0 saturated carbocycles. The molecule has 7 nitrogen and oxygen atoms in total. The minimum absolute atomic E-state index is 0.193. The van der Waals surface area contributed by atoms with E-state index in [0.717, 1.165) is 17.8 Å². The van der Waals surface area contributed by atoms with E-state index in [1.54, 1.807) is 29.4 Å². The van der Waals surface area contributed by atoms with Crippen molar-refractivity contribution < 1.29 is 22.7 Å². The first-order valence-electron chi connectivity index (χ1n) is 10.9. The van der Waals surface area contributed by atoms with E-state index in [9.17, 15) is 18.0 Å². The number of hydrogen-bond acceptors (Lipinski definition) is 5. The van der Waals surface area contributed by atoms with Gasteiger partial charge in [-0.3, -0.25) is 9.20 Å². The molecule has 2 aromatic heterocycles. The van der Waals surface area contributed by atoms with Gasteiger partial charge in [-0.05, 0) is 50.1 Å². The van der Waals surface area contributed by atoms with Crippen LogP contribution in [0.4, 0.5) is 19.0 Å². The zero-order valence-electron chi connectivity index (χ0n) is 18.1. The van der Waals surface area contributed by atoms with Crippen LogP contribution in [0.5, 0.6) is 5.75 Å². The number of amides is 1. The van der Waals surface area contributed by atoms with E-state index in [1.807, 2.05) is 11.3 Å². The predicted molar refractivity (Wildman–Crippen MR) is 119 cm³/mol. The van der Waals surface area contributed by atoms with Gasteiger partial charge in [0.15, 0.2) is 0 Å². The summed E-state index contributed by atoms with van der Waals surface area (Å²) in [7, 11) is 0. The second kappa shape index (κ2) is 7.09. The Morgan fingerprint density at radius 3 is 2.82 bits per heavy atom. The molecule has 2 N–H and O–H groups in total. The number of halogens is 3. The van der Waals surface area contributed by atoms with Gasteiger partial charge >= 0.3 is 6.18 Å². The Morgan fingerprint density at radius 2 is 2.03 bits per heavy atom. The van der Waals surface area contributed by atoms with Crippen LogP contribution >= 0.6 is 0 Å². The second-order valence-electron chi connectivity index (χ2n) is 8.74. The Labute approximate surface area is 192 Å². The standard InChI is InChI=1S/C24H20F3N5O2/c1-12-20-22(28)30-16-7-4-13(9-17(16)32(20)11-29-12)23(33)31-8-2-3-18-21(31)15-6-5-14(24(25,26)27)10-19(15)34-18/h4-7,9-11,18,21H,2-3,8H2,1H3,(H2,28,30). The highest BCUT2D eigenvalue weighted by atomic mass is 19.4. The maximum Gasteiger partial charge on any atom is 0.416 e. The van der Waals surface area contributed by atoms with E-state index in [-0.39, 0.29) is 17.8 Å². The van der Waals surface area contributed by atoms with Crippen LogP contribution in [0.3, 0.4) is 0 Å². The Balaban J connectivity index is 1.40. The molecule has 2 aromatic carbocycles. The summed E-state index contributed by atoms with van der Waals surface area (Å²) in [6.07, 6.45) is -1.82. The largest absolute Gasteiger partial charge is 0.488 e. The summed E-state index contributed by atoms with van der Waals surface area (Å²) in [5, 5.41) is 0. The molecular weight excluding hydrogens is 447 g/mol. The summed E-state index contributed by atoms with van der Waals surface area (Å²) in [4.78, 5) is 24.1. The molecule has 0 aliphatic carbocycles. The van der Waals surface area contributed by atoms with Crippen molar-refractivity contribution in [2.45, 2.75) is 38.1 Å². The van der Waals surface area contributed by atoms with Gasteiger partial charge in [0.1, 0.15) is 29.5 Å². The Morgan fingerprint density at radius 1 is 1.21 bits per heavy atom. The normalized spacial score (nSPS) is 19.8. The highest BCUT2D eigenvalue weighted by Crippen LogP contribution is 2.46. The van der Waals surface area contributed by atoms with E-state index < -0.39 is 17.8 Å². The molecule has 10 heteroatoms. The number of nitrogens with zero attached hydrogens (tertiary/aromatic N) is 4. The molecule has 2 atom stereocenters. The number of anilines is 1. The SMILES string of the molecule is Cc1ncn2c1c(N)nc1ccc(C(=O)N3CCCC4Oc5cc(C(F)(F)F)ccc5C43)cc12. The summed E-state index contributed by atoms with van der Waals surface area (Å²) in [6, 6.07) is 8.26. The molecule has 4 heterocycles. The van der Waals surface area contributed by atoms with Gasteiger partial charge in [0.05, 0.1) is 28.3 Å². The summed E-state index contributed by atoms with van der Waals surface area (Å²) >= 11 is 0. The molecule has 0 radical (unpaired) electrons. The van der Waals surface area contributed by atoms with Crippen molar-refractivity contribution in [2.24, 2.45) is 0 Å². The Kier molecular flexibility index (Phi) is 4.33. The van der Waals surface area contributed by atoms with Crippen molar-refractivity contribution in [1.82, 2.24) is 19.3 Å². The maximum absolute atomic E-state index is 13.7. The number of likely N-dealkylation sites (tertiary alicyclic amines) is 1. The van der Waals surface area contributed by atoms with Crippen molar-refractivity contribution in [3.8, 4) is 5.75 Å². The first-order chi connectivity index (χ1) is 16.2. The number of imidazole rings is 1. The maximum atomic E-state index is 13.7. The molecule has 0 spiro atoms. The fraction of sp³-hybridized carbons (Fsp3) is 0.292. The summed E-state index contributed by atoms with van der Waals surface area (Å²) in [5.41, 5.74) is 9.14. The molecule has 4 aromatic rings. The van der Waals surface area contributed by atoms with E-state index in [4.69, 9.17) is 10.5 Å². The number of ether oxygens (including phenoxy) is 1. The van der Waals surface area contributed by atoms with Gasteiger partial charge in [0.2, 0.25) is 0 Å². The molecular formula is C24H20F3N5O2. The molecule has 1 saturated heterocycles. The minimum Gasteiger partial charge on any atom is -0.488 e. The number of piperidine rings is 1. The molecule has 2 unspecified atom stereocenters. The minimum atomic E-state index is -4.46. The smallest absolute Gasteiger partial charge is 0.416 e. The Hall–Kier alpha value is -3.82. The van der Waals surface area contributed by atoms with Gasteiger partial charge < -0.3 is 15.4 Å². The highest BCUT2D eigenvalue weighted by Gasteiger charge is 2.44. The van der Waals surface area contributed by atoms with E-state index >= 15 is 0 Å². The number of benzene rings is 2. The van der Waals surface area contributed by atoms with Gasteiger partial charge in [-0.15, -0.1) is 0 Å². The zero-order chi connectivity index (χ0) is 23.8. The Bertz CT molecular complexity index is 1480. The van der Waals surface area contributed by atoms with E-state index in [0.29, 0.717) is 52.9 Å². The van der Waals surface area contributed by atoms with Crippen molar-refractivity contribution in [3.05, 3.63) is 65.1 Å². The first-order valence-corrected chi connectivity index (χ1v) is 10.9. The van der Waals surface area contributed by atoms with Gasteiger partial charge in [-0.2, -0.15) is 13.2 Å². The number of carbonyl (C=O) groups is 1. The van der Waals surface area contributed by atoms with Gasteiger partial charge in [0.25, 0.3) is 5.91 Å². The molecule has 2 aliphatic rings. The summed E-state index contributed by atoms with van der Waals surface area (Å²) in [5.74, 6) is 0.339. The molecule has 34 heavy (non-hydrogen) atoms. The van der Waals surface area contributed by atoms with Gasteiger partial charge in [-0.1, -0.05) is 6.07 Å². The summed E-state index contributed by atoms with van der Waals surface area (Å²) < 4.78 is 47.2. The number of hydrogen-bond donors (Lipinski definition) is 1. The second-order valence-corrected chi connectivity index (χ2v) is 8.74. The number of aromatic nitrogens is 3. The van der Waals surface area contributed by atoms with Crippen molar-refractivity contribution in [1.29, 1.82) is 0 Å². The number of nitrogens with two attached hydrogens (primary N) is 1. The predicted octanol–water partition coefficient (Wildman–Crippen LogP) is 4.53. The van der Waals surface area contributed by atoms with Crippen LogP contribution in [-0.4, -0.2) is 37.8 Å². The molecule has 2 aliphatic heterocycles. The number of rotatable bonds is 1. The zero-order valence-corrected chi connectivity index (χ0v) is 18.1. The molecule has 174 valence electrons. The van der Waals surface area contributed by atoms with Crippen LogP contribution in [0.25, 0.3) is 16.6 Å². The lowest BCUT2D eigenvalue weighted by molar-refractivity contribution is -0.137. The third-order valence-corrected chi connectivity index (χ3v) is 6.69. The van der Waals surface area contributed by atoms with Crippen LogP contribution in [0.2, 0.25) is 0 Å². The summed E-state index contributed by atoms with van der Waals surface area (Å²) in [6.45, 7) is 2.32. The number of nitrogen functional groups attached to an aromatic ring is 1. The fourth-order valence-electron chi connectivity index (χ4n) is 5.12. The van der Waals surface area contributed by atoms with Crippen LogP contribution in [0, 0.1) is 6.92 Å². The van der Waals surface area contributed by atoms with Crippen LogP contribution < -0.4 is 10.5 Å². The monoisotopic (exact) mass is 467 g/mol. The number of alkyl halides is 3. The fourth-order valence-corrected chi connectivity index (χ4v) is 5.12. The van der Waals surface area contributed by atoms with Crippen LogP contribution in [0.15, 0.2) is 42.7 Å². The van der Waals surface area contributed by atoms with Crippen LogP contribution in [-0.2, 0) is 6.18 Å². The molecule has 6 rings (SSSR count). The van der Waals surface area contributed by atoms with Crippen molar-refractivity contribution in [3.63, 3.8) is 0 Å². The molecule has 1 fully saturated rings. The van der Waals surface area contributed by atoms with Crippen molar-refractivity contribution in [2.75, 3.05) is 12.3 Å².